The number of halogens is 3. The molecular weight excluding hydrogens is 509 g/mol. The van der Waals surface area contributed by atoms with Gasteiger partial charge in [0.25, 0.3) is 0 Å². The van der Waals surface area contributed by atoms with E-state index < -0.39 is 22.6 Å². The van der Waals surface area contributed by atoms with E-state index in [4.69, 9.17) is 0 Å². The summed E-state index contributed by atoms with van der Waals surface area (Å²) < 4.78 is 68.2. The van der Waals surface area contributed by atoms with Crippen LogP contribution in [-0.2, 0) is 17.1 Å². The maximum absolute atomic E-state index is 12.5. The zero-order chi connectivity index (χ0) is 25.4. The largest absolute Gasteiger partial charge is 0.573 e. The molecule has 2 aromatic heterocycles. The maximum atomic E-state index is 12.5. The molecule has 0 aliphatic carbocycles. The zero-order valence-corrected chi connectivity index (χ0v) is 20.1. The summed E-state index contributed by atoms with van der Waals surface area (Å²) in [5, 5.41) is 16.7. The van der Waals surface area contributed by atoms with Crippen LogP contribution >= 0.6 is 11.3 Å². The van der Waals surface area contributed by atoms with E-state index in [-0.39, 0.29) is 18.8 Å². The van der Waals surface area contributed by atoms with Crippen LogP contribution in [0.4, 0.5) is 24.3 Å². The molecule has 1 unspecified atom stereocenters. The number of hydrogen-bond donors (Lipinski definition) is 4. The molecule has 2 heterocycles. The summed E-state index contributed by atoms with van der Waals surface area (Å²) in [6.07, 6.45) is -4.75. The van der Waals surface area contributed by atoms with Gasteiger partial charge in [-0.2, -0.15) is 0 Å². The number of thiazole rings is 1. The fraction of sp³-hybridized carbons (Fsp3) is 0.300. The molecule has 4 aromatic rings. The molecule has 2 aromatic carbocycles. The molecule has 15 heteroatoms. The number of nitrogens with zero attached hydrogens (tertiary/aromatic N) is 3. The van der Waals surface area contributed by atoms with Crippen LogP contribution in [0.5, 0.6) is 5.75 Å². The van der Waals surface area contributed by atoms with Gasteiger partial charge >= 0.3 is 6.36 Å². The highest BCUT2D eigenvalue weighted by Gasteiger charge is 2.31. The maximum Gasteiger partial charge on any atom is 0.573 e. The Bertz CT molecular complexity index is 1470. The van der Waals surface area contributed by atoms with Crippen molar-refractivity contribution in [2.45, 2.75) is 12.6 Å². The number of nitrogens with one attached hydrogen (secondary N) is 3. The molecule has 10 nitrogen and oxygen atoms in total. The Hall–Kier alpha value is -2.98. The summed E-state index contributed by atoms with van der Waals surface area (Å²) in [6, 6.07) is 9.11. The number of anilines is 2. The van der Waals surface area contributed by atoms with Gasteiger partial charge in [0.2, 0.25) is 16.0 Å². The van der Waals surface area contributed by atoms with Crippen LogP contribution in [0.3, 0.4) is 0 Å². The lowest BCUT2D eigenvalue weighted by Gasteiger charge is -2.13. The molecule has 0 aliphatic heterocycles. The first-order valence-electron chi connectivity index (χ1n) is 10.1. The lowest BCUT2D eigenvalue weighted by molar-refractivity contribution is -0.274. The van der Waals surface area contributed by atoms with E-state index in [1.54, 1.807) is 29.8 Å². The predicted molar refractivity (Wildman–Crippen MR) is 126 cm³/mol. The lowest BCUT2D eigenvalue weighted by atomic mass is 10.1. The SMILES string of the molecule is Cn1c(Nc2nc3ccc(OC(F)(F)F)cc3s2)nc2cc(C(O)NCCNS(C)(=O)=O)ccc21. The molecule has 0 radical (unpaired) electrons. The average Bonchev–Trinajstić information content (AvgIpc) is 3.29. The Labute approximate surface area is 201 Å². The Morgan fingerprint density at radius 3 is 2.63 bits per heavy atom. The molecule has 0 saturated heterocycles. The van der Waals surface area contributed by atoms with Crippen LogP contribution in [0.15, 0.2) is 36.4 Å². The van der Waals surface area contributed by atoms with Crippen LogP contribution in [0.1, 0.15) is 11.8 Å². The van der Waals surface area contributed by atoms with E-state index in [0.29, 0.717) is 32.4 Å². The number of imidazole rings is 1. The van der Waals surface area contributed by atoms with Gasteiger partial charge in [-0.1, -0.05) is 17.4 Å². The van der Waals surface area contributed by atoms with Crippen molar-refractivity contribution in [2.24, 2.45) is 7.05 Å². The number of aryl methyl sites for hydroxylation is 1. The standard InChI is InChI=1S/C20H21F3N6O4S2/c1-29-15-6-3-11(17(30)24-7-8-25-35(2,31)32)9-14(15)26-18(29)28-19-27-13-5-4-12(10-16(13)34-19)33-20(21,22)23/h3-6,9-10,17,24-25,30H,7-8H2,1-2H3,(H,26,27,28). The van der Waals surface area contributed by atoms with Crippen molar-refractivity contribution >= 4 is 53.7 Å². The van der Waals surface area contributed by atoms with Crippen molar-refractivity contribution in [1.82, 2.24) is 24.6 Å². The quantitative estimate of drug-likeness (QED) is 0.192. The summed E-state index contributed by atoms with van der Waals surface area (Å²) in [5.74, 6) is 0.123. The topological polar surface area (TPSA) is 130 Å². The molecule has 188 valence electrons. The van der Waals surface area contributed by atoms with Crippen molar-refractivity contribution in [3.8, 4) is 5.75 Å². The molecule has 0 fully saturated rings. The third-order valence-corrected chi connectivity index (χ3v) is 6.52. The minimum Gasteiger partial charge on any atom is -0.406 e. The molecule has 4 N–H and O–H groups in total. The van der Waals surface area contributed by atoms with Crippen LogP contribution < -0.4 is 20.1 Å². The molecule has 0 bridgehead atoms. The molecular formula is C20H21F3N6O4S2. The van der Waals surface area contributed by atoms with Crippen LogP contribution in [-0.4, -0.2) is 53.8 Å². The second kappa shape index (κ2) is 9.58. The van der Waals surface area contributed by atoms with E-state index in [2.05, 4.69) is 30.1 Å². The summed E-state index contributed by atoms with van der Waals surface area (Å²) in [4.78, 5) is 8.91. The van der Waals surface area contributed by atoms with Gasteiger partial charge in [0, 0.05) is 26.2 Å². The van der Waals surface area contributed by atoms with Crippen LogP contribution in [0.25, 0.3) is 21.3 Å². The zero-order valence-electron chi connectivity index (χ0n) is 18.4. The summed E-state index contributed by atoms with van der Waals surface area (Å²) in [6.45, 7) is 0.344. The Morgan fingerprint density at radius 1 is 1.14 bits per heavy atom. The van der Waals surface area contributed by atoms with Crippen molar-refractivity contribution in [3.63, 3.8) is 0 Å². The van der Waals surface area contributed by atoms with Crippen molar-refractivity contribution in [2.75, 3.05) is 24.7 Å². The number of aliphatic hydroxyl groups is 1. The minimum atomic E-state index is -4.78. The average molecular weight is 531 g/mol. The van der Waals surface area contributed by atoms with Gasteiger partial charge in [-0.25, -0.2) is 23.1 Å². The highest BCUT2D eigenvalue weighted by atomic mass is 32.2. The number of sulfonamides is 1. The summed E-state index contributed by atoms with van der Waals surface area (Å²) in [7, 11) is -1.53. The highest BCUT2D eigenvalue weighted by Crippen LogP contribution is 2.33. The normalized spacial score (nSPS) is 13.4. The number of rotatable bonds is 9. The number of ether oxygens (including phenoxy) is 1. The van der Waals surface area contributed by atoms with E-state index in [9.17, 15) is 26.7 Å². The lowest BCUT2D eigenvalue weighted by Crippen LogP contribution is -2.33. The number of aromatic nitrogens is 3. The van der Waals surface area contributed by atoms with E-state index in [1.807, 2.05) is 0 Å². The fourth-order valence-electron chi connectivity index (χ4n) is 3.31. The number of benzene rings is 2. The first kappa shape index (κ1) is 25.1. The van der Waals surface area contributed by atoms with Gasteiger partial charge in [-0.3, -0.25) is 5.32 Å². The molecule has 4 rings (SSSR count). The monoisotopic (exact) mass is 530 g/mol. The number of alkyl halides is 3. The second-order valence-corrected chi connectivity index (χ2v) is 10.5. The predicted octanol–water partition coefficient (Wildman–Crippen LogP) is 2.95. The Kier molecular flexibility index (Phi) is 6.88. The highest BCUT2D eigenvalue weighted by molar-refractivity contribution is 7.88. The number of aliphatic hydroxyl groups excluding tert-OH is 1. The van der Waals surface area contributed by atoms with Gasteiger partial charge in [-0.15, -0.1) is 13.2 Å². The number of hydrogen-bond acceptors (Lipinski definition) is 9. The van der Waals surface area contributed by atoms with Crippen molar-refractivity contribution in [1.29, 1.82) is 0 Å². The summed E-state index contributed by atoms with van der Waals surface area (Å²) >= 11 is 1.15. The van der Waals surface area contributed by atoms with E-state index >= 15 is 0 Å². The third kappa shape index (κ3) is 6.37. The fourth-order valence-corrected chi connectivity index (χ4v) is 4.67. The second-order valence-electron chi connectivity index (χ2n) is 7.59. The molecule has 0 spiro atoms. The Balaban J connectivity index is 1.49. The first-order chi connectivity index (χ1) is 16.4. The van der Waals surface area contributed by atoms with E-state index in [0.717, 1.165) is 23.1 Å². The molecule has 0 aliphatic rings. The smallest absolute Gasteiger partial charge is 0.406 e. The molecule has 0 amide bonds. The van der Waals surface area contributed by atoms with Crippen molar-refractivity contribution in [3.05, 3.63) is 42.0 Å². The van der Waals surface area contributed by atoms with Gasteiger partial charge in [0.1, 0.15) is 12.0 Å². The Morgan fingerprint density at radius 2 is 1.91 bits per heavy atom. The summed E-state index contributed by atoms with van der Waals surface area (Å²) in [5.41, 5.74) is 2.40. The molecule has 0 saturated carbocycles. The van der Waals surface area contributed by atoms with Crippen LogP contribution in [0.2, 0.25) is 0 Å². The molecule has 1 atom stereocenters. The van der Waals surface area contributed by atoms with E-state index in [1.165, 1.54) is 18.2 Å². The van der Waals surface area contributed by atoms with Crippen molar-refractivity contribution < 1.29 is 31.4 Å². The number of fused-ring (bicyclic) bond motifs is 2. The third-order valence-electron chi connectivity index (χ3n) is 4.86. The van der Waals surface area contributed by atoms with Gasteiger partial charge in [0.05, 0.1) is 27.5 Å². The van der Waals surface area contributed by atoms with Gasteiger partial charge < -0.3 is 19.7 Å². The van der Waals surface area contributed by atoms with Gasteiger partial charge in [0.15, 0.2) is 5.13 Å². The minimum absolute atomic E-state index is 0.127. The molecule has 35 heavy (non-hydrogen) atoms. The van der Waals surface area contributed by atoms with Gasteiger partial charge in [-0.05, 0) is 29.8 Å². The first-order valence-corrected chi connectivity index (χ1v) is 12.8. The van der Waals surface area contributed by atoms with Crippen LogP contribution in [0, 0.1) is 0 Å².